The van der Waals surface area contributed by atoms with Gasteiger partial charge in [-0.25, -0.2) is 13.8 Å². The quantitative estimate of drug-likeness (QED) is 0.877. The average molecular weight is 250 g/mol. The molecular formula is C12H12F2N4. The van der Waals surface area contributed by atoms with Gasteiger partial charge >= 0.3 is 0 Å². The van der Waals surface area contributed by atoms with E-state index < -0.39 is 11.6 Å². The topological polar surface area (TPSA) is 63.8 Å². The number of nitrogens with one attached hydrogen (secondary N) is 1. The molecule has 0 unspecified atom stereocenters. The molecule has 2 rings (SSSR count). The summed E-state index contributed by atoms with van der Waals surface area (Å²) in [5, 5.41) is 2.87. The highest BCUT2D eigenvalue weighted by atomic mass is 19.1. The minimum atomic E-state index is -0.480. The number of halogens is 2. The van der Waals surface area contributed by atoms with Gasteiger partial charge in [-0.15, -0.1) is 0 Å². The van der Waals surface area contributed by atoms with Gasteiger partial charge < -0.3 is 11.1 Å². The molecule has 1 heterocycles. The number of nitrogen functional groups attached to an aromatic ring is 1. The summed E-state index contributed by atoms with van der Waals surface area (Å²) in [5.74, 6) is -0.338. The Morgan fingerprint density at radius 3 is 2.72 bits per heavy atom. The van der Waals surface area contributed by atoms with E-state index in [1.807, 2.05) is 0 Å². The van der Waals surface area contributed by atoms with E-state index >= 15 is 0 Å². The summed E-state index contributed by atoms with van der Waals surface area (Å²) in [7, 11) is 0. The third kappa shape index (κ3) is 2.91. The molecule has 0 amide bonds. The van der Waals surface area contributed by atoms with Gasteiger partial charge in [-0.05, 0) is 25.1 Å². The Bertz CT molecular complexity index is 552. The maximum absolute atomic E-state index is 13.4. The monoisotopic (exact) mass is 250 g/mol. The van der Waals surface area contributed by atoms with E-state index in [1.54, 1.807) is 13.0 Å². The summed E-state index contributed by atoms with van der Waals surface area (Å²) in [6.07, 6.45) is 0. The minimum Gasteiger partial charge on any atom is -0.368 e. The van der Waals surface area contributed by atoms with Gasteiger partial charge in [0, 0.05) is 23.9 Å². The number of anilines is 2. The van der Waals surface area contributed by atoms with Crippen LogP contribution in [0.4, 0.5) is 20.5 Å². The van der Waals surface area contributed by atoms with Gasteiger partial charge in [0.15, 0.2) is 0 Å². The van der Waals surface area contributed by atoms with Crippen molar-refractivity contribution >= 4 is 11.8 Å². The third-order valence-corrected chi connectivity index (χ3v) is 2.34. The summed E-state index contributed by atoms with van der Waals surface area (Å²) in [5.41, 5.74) is 6.41. The molecule has 2 aromatic rings. The molecule has 1 aromatic heterocycles. The molecule has 0 aliphatic carbocycles. The predicted molar refractivity (Wildman–Crippen MR) is 64.9 cm³/mol. The molecule has 0 fully saturated rings. The number of aromatic nitrogens is 2. The van der Waals surface area contributed by atoms with E-state index in [0.717, 1.165) is 18.2 Å². The minimum absolute atomic E-state index is 0.124. The Morgan fingerprint density at radius 2 is 2.00 bits per heavy atom. The molecule has 0 atom stereocenters. The molecule has 1 aromatic carbocycles. The van der Waals surface area contributed by atoms with E-state index in [0.29, 0.717) is 11.5 Å². The van der Waals surface area contributed by atoms with Crippen molar-refractivity contribution in [3.05, 3.63) is 47.2 Å². The molecule has 0 aliphatic rings. The Hall–Kier alpha value is -2.24. The van der Waals surface area contributed by atoms with Crippen LogP contribution in [0.3, 0.4) is 0 Å². The molecule has 0 bridgehead atoms. The number of rotatable bonds is 3. The van der Waals surface area contributed by atoms with Gasteiger partial charge in [0.2, 0.25) is 5.95 Å². The van der Waals surface area contributed by atoms with Crippen molar-refractivity contribution in [2.24, 2.45) is 0 Å². The lowest BCUT2D eigenvalue weighted by molar-refractivity contribution is 0.587. The molecule has 6 heteroatoms. The van der Waals surface area contributed by atoms with Crippen LogP contribution in [0.15, 0.2) is 24.3 Å². The second-order valence-electron chi connectivity index (χ2n) is 3.84. The highest BCUT2D eigenvalue weighted by Gasteiger charge is 2.05. The Labute approximate surface area is 103 Å². The van der Waals surface area contributed by atoms with E-state index in [4.69, 9.17) is 5.73 Å². The maximum atomic E-state index is 13.4. The fourth-order valence-electron chi connectivity index (χ4n) is 1.55. The summed E-state index contributed by atoms with van der Waals surface area (Å²) >= 11 is 0. The zero-order chi connectivity index (χ0) is 13.1. The van der Waals surface area contributed by atoms with E-state index in [9.17, 15) is 8.78 Å². The standard InChI is InChI=1S/C12H12F2N4/c1-7-4-11(18-12(15)17-7)16-6-8-5-9(13)2-3-10(8)14/h2-5H,6H2,1H3,(H3,15,16,17,18). The van der Waals surface area contributed by atoms with Crippen LogP contribution in [0, 0.1) is 18.6 Å². The fraction of sp³-hybridized carbons (Fsp3) is 0.167. The van der Waals surface area contributed by atoms with Crippen LogP contribution in [-0.4, -0.2) is 9.97 Å². The van der Waals surface area contributed by atoms with Crippen LogP contribution in [0.5, 0.6) is 0 Å². The molecule has 0 saturated heterocycles. The lowest BCUT2D eigenvalue weighted by Crippen LogP contribution is -2.06. The summed E-state index contributed by atoms with van der Waals surface area (Å²) < 4.78 is 26.3. The first kappa shape index (κ1) is 12.2. The van der Waals surface area contributed by atoms with Crippen LogP contribution in [0.1, 0.15) is 11.3 Å². The zero-order valence-electron chi connectivity index (χ0n) is 9.74. The van der Waals surface area contributed by atoms with Gasteiger partial charge in [0.1, 0.15) is 17.5 Å². The van der Waals surface area contributed by atoms with Crippen LogP contribution in [0.2, 0.25) is 0 Å². The Balaban J connectivity index is 2.13. The Morgan fingerprint density at radius 1 is 1.22 bits per heavy atom. The van der Waals surface area contributed by atoms with Crippen LogP contribution in [0.25, 0.3) is 0 Å². The van der Waals surface area contributed by atoms with Crippen LogP contribution >= 0.6 is 0 Å². The highest BCUT2D eigenvalue weighted by molar-refractivity contribution is 5.41. The van der Waals surface area contributed by atoms with Crippen molar-refractivity contribution in [1.29, 1.82) is 0 Å². The van der Waals surface area contributed by atoms with Gasteiger partial charge in [-0.3, -0.25) is 0 Å². The van der Waals surface area contributed by atoms with Gasteiger partial charge in [-0.1, -0.05) is 0 Å². The van der Waals surface area contributed by atoms with Crippen LogP contribution < -0.4 is 11.1 Å². The van der Waals surface area contributed by atoms with Crippen molar-refractivity contribution in [2.75, 3.05) is 11.1 Å². The summed E-state index contributed by atoms with van der Waals surface area (Å²) in [6.45, 7) is 1.89. The van der Waals surface area contributed by atoms with E-state index in [-0.39, 0.29) is 18.1 Å². The van der Waals surface area contributed by atoms with E-state index in [2.05, 4.69) is 15.3 Å². The summed E-state index contributed by atoms with van der Waals surface area (Å²) in [6, 6.07) is 4.98. The molecule has 18 heavy (non-hydrogen) atoms. The van der Waals surface area contributed by atoms with Gasteiger partial charge in [0.05, 0.1) is 0 Å². The molecule has 94 valence electrons. The van der Waals surface area contributed by atoms with Crippen molar-refractivity contribution < 1.29 is 8.78 Å². The lowest BCUT2D eigenvalue weighted by Gasteiger charge is -2.08. The van der Waals surface area contributed by atoms with Crippen molar-refractivity contribution in [3.63, 3.8) is 0 Å². The third-order valence-electron chi connectivity index (χ3n) is 2.34. The first-order valence-corrected chi connectivity index (χ1v) is 5.33. The Kier molecular flexibility index (Phi) is 3.36. The number of nitrogens with zero attached hydrogens (tertiary/aromatic N) is 2. The maximum Gasteiger partial charge on any atom is 0.222 e. The first-order chi connectivity index (χ1) is 8.54. The van der Waals surface area contributed by atoms with Gasteiger partial charge in [-0.2, -0.15) is 4.98 Å². The first-order valence-electron chi connectivity index (χ1n) is 5.33. The molecule has 0 radical (unpaired) electrons. The number of aryl methyl sites for hydroxylation is 1. The summed E-state index contributed by atoms with van der Waals surface area (Å²) in [4.78, 5) is 7.85. The smallest absolute Gasteiger partial charge is 0.222 e. The van der Waals surface area contributed by atoms with Crippen molar-refractivity contribution in [1.82, 2.24) is 9.97 Å². The highest BCUT2D eigenvalue weighted by Crippen LogP contribution is 2.13. The molecule has 0 saturated carbocycles. The predicted octanol–water partition coefficient (Wildman–Crippen LogP) is 2.26. The number of benzene rings is 1. The second-order valence-corrected chi connectivity index (χ2v) is 3.84. The van der Waals surface area contributed by atoms with E-state index in [1.165, 1.54) is 0 Å². The second kappa shape index (κ2) is 4.95. The van der Waals surface area contributed by atoms with Crippen molar-refractivity contribution in [2.45, 2.75) is 13.5 Å². The molecule has 3 N–H and O–H groups in total. The largest absolute Gasteiger partial charge is 0.368 e. The zero-order valence-corrected chi connectivity index (χ0v) is 9.74. The number of nitrogens with two attached hydrogens (primary N) is 1. The molecule has 4 nitrogen and oxygen atoms in total. The number of hydrogen-bond acceptors (Lipinski definition) is 4. The van der Waals surface area contributed by atoms with Crippen LogP contribution in [-0.2, 0) is 6.54 Å². The lowest BCUT2D eigenvalue weighted by atomic mass is 10.2. The molecular weight excluding hydrogens is 238 g/mol. The SMILES string of the molecule is Cc1cc(NCc2cc(F)ccc2F)nc(N)n1. The average Bonchev–Trinajstić information content (AvgIpc) is 2.29. The van der Waals surface area contributed by atoms with Gasteiger partial charge in [0.25, 0.3) is 0 Å². The molecule has 0 aliphatic heterocycles. The van der Waals surface area contributed by atoms with Crippen molar-refractivity contribution in [3.8, 4) is 0 Å². The number of hydrogen-bond donors (Lipinski definition) is 2. The fourth-order valence-corrected chi connectivity index (χ4v) is 1.55. The molecule has 0 spiro atoms. The normalized spacial score (nSPS) is 10.4.